The monoisotopic (exact) mass is 276 g/mol. The molecule has 2 atom stereocenters. The highest BCUT2D eigenvalue weighted by molar-refractivity contribution is 5.83. The molecule has 0 aromatic carbocycles. The molecule has 3 heterocycles. The first-order valence-corrected chi connectivity index (χ1v) is 7.11. The Morgan fingerprint density at radius 3 is 3.15 bits per heavy atom. The van der Waals surface area contributed by atoms with Crippen LogP contribution in [0.2, 0.25) is 0 Å². The third-order valence-corrected chi connectivity index (χ3v) is 4.29. The minimum Gasteiger partial charge on any atom is -0.354 e. The van der Waals surface area contributed by atoms with E-state index in [0.717, 1.165) is 37.2 Å². The van der Waals surface area contributed by atoms with Crippen LogP contribution in [-0.2, 0) is 11.2 Å². The second-order valence-electron chi connectivity index (χ2n) is 5.28. The van der Waals surface area contributed by atoms with Gasteiger partial charge in [-0.1, -0.05) is 6.92 Å². The lowest BCUT2D eigenvalue weighted by Crippen LogP contribution is -2.46. The van der Waals surface area contributed by atoms with E-state index in [0.29, 0.717) is 12.4 Å². The summed E-state index contributed by atoms with van der Waals surface area (Å²) in [7, 11) is 0. The van der Waals surface area contributed by atoms with Crippen molar-refractivity contribution in [3.8, 4) is 0 Å². The van der Waals surface area contributed by atoms with E-state index in [1.54, 1.807) is 0 Å². The predicted octanol–water partition coefficient (Wildman–Crippen LogP) is 0.0394. The van der Waals surface area contributed by atoms with Gasteiger partial charge in [-0.2, -0.15) is 0 Å². The Bertz CT molecular complexity index is 520. The van der Waals surface area contributed by atoms with Crippen LogP contribution in [-0.4, -0.2) is 35.0 Å². The van der Waals surface area contributed by atoms with E-state index in [2.05, 4.69) is 32.5 Å². The third kappa shape index (κ3) is 1.98. The lowest BCUT2D eigenvalue weighted by Gasteiger charge is -2.37. The molecule has 0 radical (unpaired) electrons. The van der Waals surface area contributed by atoms with E-state index >= 15 is 0 Å². The van der Waals surface area contributed by atoms with Crippen molar-refractivity contribution in [2.75, 3.05) is 23.4 Å². The number of hydrazine groups is 1. The molecular formula is C13H20N6O. The fraction of sp³-hybridized carbons (Fsp3) is 0.615. The van der Waals surface area contributed by atoms with Gasteiger partial charge < -0.3 is 15.6 Å². The molecule has 2 aliphatic heterocycles. The second-order valence-corrected chi connectivity index (χ2v) is 5.28. The van der Waals surface area contributed by atoms with Crippen molar-refractivity contribution in [2.24, 2.45) is 11.8 Å². The van der Waals surface area contributed by atoms with Crippen LogP contribution in [0.25, 0.3) is 0 Å². The third-order valence-electron chi connectivity index (χ3n) is 4.29. The molecule has 1 amide bonds. The molecule has 3 rings (SSSR count). The molecule has 108 valence electrons. The highest BCUT2D eigenvalue weighted by Gasteiger charge is 2.41. The van der Waals surface area contributed by atoms with E-state index < -0.39 is 0 Å². The minimum atomic E-state index is 0.0812. The molecule has 0 bridgehead atoms. The number of nitrogens with two attached hydrogens (primary N) is 1. The first-order valence-electron chi connectivity index (χ1n) is 7.11. The number of carbonyl (C=O) groups excluding carboxylic acids is 1. The second kappa shape index (κ2) is 5.24. The van der Waals surface area contributed by atoms with Gasteiger partial charge in [0.2, 0.25) is 5.91 Å². The summed E-state index contributed by atoms with van der Waals surface area (Å²) in [6, 6.07) is 0.196. The molecule has 7 nitrogen and oxygen atoms in total. The van der Waals surface area contributed by atoms with Crippen LogP contribution >= 0.6 is 0 Å². The molecule has 1 aromatic heterocycles. The van der Waals surface area contributed by atoms with Gasteiger partial charge in [-0.3, -0.25) is 4.79 Å². The highest BCUT2D eigenvalue weighted by Crippen LogP contribution is 2.33. The Kier molecular flexibility index (Phi) is 3.43. The summed E-state index contributed by atoms with van der Waals surface area (Å²) in [5.41, 5.74) is 3.64. The molecule has 0 saturated carbocycles. The minimum absolute atomic E-state index is 0.0812. The number of rotatable bonds is 3. The van der Waals surface area contributed by atoms with Crippen LogP contribution in [0.4, 0.5) is 11.6 Å². The van der Waals surface area contributed by atoms with Gasteiger partial charge in [-0.05, 0) is 19.3 Å². The van der Waals surface area contributed by atoms with Gasteiger partial charge >= 0.3 is 0 Å². The van der Waals surface area contributed by atoms with E-state index in [1.165, 1.54) is 6.33 Å². The molecule has 0 spiro atoms. The summed E-state index contributed by atoms with van der Waals surface area (Å²) in [6.07, 6.45) is 4.29. The molecule has 7 heteroatoms. The zero-order valence-electron chi connectivity index (χ0n) is 11.6. The number of nitrogen functional groups attached to an aromatic ring is 1. The number of piperidine rings is 1. The maximum absolute atomic E-state index is 11.9. The van der Waals surface area contributed by atoms with Crippen LogP contribution in [0.1, 0.15) is 25.3 Å². The van der Waals surface area contributed by atoms with E-state index in [1.807, 2.05) is 0 Å². The molecule has 2 fully saturated rings. The van der Waals surface area contributed by atoms with Gasteiger partial charge in [-0.25, -0.2) is 15.8 Å². The van der Waals surface area contributed by atoms with Gasteiger partial charge in [-0.15, -0.1) is 0 Å². The summed E-state index contributed by atoms with van der Waals surface area (Å²) >= 11 is 0. The fourth-order valence-corrected chi connectivity index (χ4v) is 3.31. The quantitative estimate of drug-likeness (QED) is 0.533. The largest absolute Gasteiger partial charge is 0.354 e. The predicted molar refractivity (Wildman–Crippen MR) is 76.1 cm³/mol. The molecular weight excluding hydrogens is 256 g/mol. The maximum Gasteiger partial charge on any atom is 0.225 e. The van der Waals surface area contributed by atoms with E-state index in [9.17, 15) is 4.79 Å². The summed E-state index contributed by atoms with van der Waals surface area (Å²) in [4.78, 5) is 22.7. The highest BCUT2D eigenvalue weighted by atomic mass is 16.2. The summed E-state index contributed by atoms with van der Waals surface area (Å²) in [6.45, 7) is 3.68. The van der Waals surface area contributed by atoms with Crippen LogP contribution in [0, 0.1) is 5.92 Å². The zero-order valence-corrected chi connectivity index (χ0v) is 11.6. The SMILES string of the molecule is CCc1c(NN)ncnc1N1CCCC2C(=O)NCC21. The van der Waals surface area contributed by atoms with Crippen molar-refractivity contribution in [1.29, 1.82) is 0 Å². The first kappa shape index (κ1) is 13.1. The number of hydrogen-bond donors (Lipinski definition) is 3. The van der Waals surface area contributed by atoms with Gasteiger partial charge in [0.1, 0.15) is 18.0 Å². The molecule has 2 saturated heterocycles. The normalized spacial score (nSPS) is 25.3. The standard InChI is InChI=1S/C13H20N6O/c1-2-8-11(18-14)16-7-17-12(8)19-5-3-4-9-10(19)6-15-13(9)20/h7,9-10H,2-6,14H2,1H3,(H,15,20)(H,16,17,18). The fourth-order valence-electron chi connectivity index (χ4n) is 3.31. The van der Waals surface area contributed by atoms with Crippen molar-refractivity contribution < 1.29 is 4.79 Å². The molecule has 20 heavy (non-hydrogen) atoms. The molecule has 0 aliphatic carbocycles. The lowest BCUT2D eigenvalue weighted by molar-refractivity contribution is -0.122. The van der Waals surface area contributed by atoms with Crippen molar-refractivity contribution >= 4 is 17.5 Å². The Hall–Kier alpha value is -1.89. The van der Waals surface area contributed by atoms with Gasteiger partial charge in [0.15, 0.2) is 0 Å². The van der Waals surface area contributed by atoms with Gasteiger partial charge in [0.05, 0.1) is 12.0 Å². The van der Waals surface area contributed by atoms with E-state index in [4.69, 9.17) is 5.84 Å². The molecule has 4 N–H and O–H groups in total. The van der Waals surface area contributed by atoms with Crippen molar-refractivity contribution in [1.82, 2.24) is 15.3 Å². The lowest BCUT2D eigenvalue weighted by atomic mass is 9.91. The number of amides is 1. The average molecular weight is 276 g/mol. The number of nitrogens with zero attached hydrogens (tertiary/aromatic N) is 3. The Morgan fingerprint density at radius 1 is 1.55 bits per heavy atom. The zero-order chi connectivity index (χ0) is 14.1. The first-order chi connectivity index (χ1) is 9.76. The number of hydrogen-bond acceptors (Lipinski definition) is 6. The van der Waals surface area contributed by atoms with Gasteiger partial charge in [0, 0.05) is 18.7 Å². The summed E-state index contributed by atoms with van der Waals surface area (Å²) < 4.78 is 0. The number of aromatic nitrogens is 2. The number of carbonyl (C=O) groups is 1. The number of nitrogens with one attached hydrogen (secondary N) is 2. The summed E-state index contributed by atoms with van der Waals surface area (Å²) in [5, 5.41) is 2.96. The van der Waals surface area contributed by atoms with E-state index in [-0.39, 0.29) is 17.9 Å². The molecule has 2 unspecified atom stereocenters. The topological polar surface area (TPSA) is 96.2 Å². The van der Waals surface area contributed by atoms with Crippen LogP contribution < -0.4 is 21.5 Å². The van der Waals surface area contributed by atoms with Crippen molar-refractivity contribution in [2.45, 2.75) is 32.2 Å². The Labute approximate surface area is 117 Å². The maximum atomic E-state index is 11.9. The molecule has 1 aromatic rings. The van der Waals surface area contributed by atoms with Crippen LogP contribution in [0.15, 0.2) is 6.33 Å². The Morgan fingerprint density at radius 2 is 2.40 bits per heavy atom. The van der Waals surface area contributed by atoms with Crippen molar-refractivity contribution in [3.05, 3.63) is 11.9 Å². The average Bonchev–Trinajstić information content (AvgIpc) is 2.88. The van der Waals surface area contributed by atoms with Crippen LogP contribution in [0.3, 0.4) is 0 Å². The molecule has 2 aliphatic rings. The van der Waals surface area contributed by atoms with Crippen LogP contribution in [0.5, 0.6) is 0 Å². The van der Waals surface area contributed by atoms with Crippen molar-refractivity contribution in [3.63, 3.8) is 0 Å². The van der Waals surface area contributed by atoms with Gasteiger partial charge in [0.25, 0.3) is 0 Å². The summed E-state index contributed by atoms with van der Waals surface area (Å²) in [5.74, 6) is 7.35. The smallest absolute Gasteiger partial charge is 0.225 e. The number of fused-ring (bicyclic) bond motifs is 1. The Balaban J connectivity index is 1.98. The number of anilines is 2.